The highest BCUT2D eigenvalue weighted by atomic mass is 16.7. The van der Waals surface area contributed by atoms with Crippen LogP contribution < -0.4 is 4.74 Å². The number of para-hydroxylation sites is 1. The van der Waals surface area contributed by atoms with Crippen molar-refractivity contribution in [2.75, 3.05) is 7.11 Å². The van der Waals surface area contributed by atoms with Crippen molar-refractivity contribution in [1.82, 2.24) is 0 Å². The highest BCUT2D eigenvalue weighted by Crippen LogP contribution is 2.36. The molecule has 108 valence electrons. The van der Waals surface area contributed by atoms with Crippen LogP contribution in [-0.4, -0.2) is 25.4 Å². The highest BCUT2D eigenvalue weighted by molar-refractivity contribution is 6.51. The SMILES string of the molecule is COc1ccccc1C/C=C/B1OC(C)(C)C(C)(C)O1. The molecule has 0 radical (unpaired) electrons. The summed E-state index contributed by atoms with van der Waals surface area (Å²) >= 11 is 0. The second-order valence-electron chi connectivity index (χ2n) is 6.07. The molecule has 3 nitrogen and oxygen atoms in total. The van der Waals surface area contributed by atoms with Gasteiger partial charge in [0, 0.05) is 0 Å². The van der Waals surface area contributed by atoms with Gasteiger partial charge in [-0.2, -0.15) is 0 Å². The molecule has 1 aliphatic heterocycles. The smallest absolute Gasteiger partial charge is 0.486 e. The molecule has 0 spiro atoms. The van der Waals surface area contributed by atoms with Gasteiger partial charge in [-0.1, -0.05) is 30.3 Å². The fourth-order valence-electron chi connectivity index (χ4n) is 2.14. The van der Waals surface area contributed by atoms with Crippen LogP contribution in [0.4, 0.5) is 0 Å². The molecular weight excluding hydrogens is 251 g/mol. The van der Waals surface area contributed by atoms with E-state index in [1.807, 2.05) is 24.2 Å². The summed E-state index contributed by atoms with van der Waals surface area (Å²) in [6.07, 6.45) is 2.87. The van der Waals surface area contributed by atoms with Crippen molar-refractivity contribution in [3.63, 3.8) is 0 Å². The summed E-state index contributed by atoms with van der Waals surface area (Å²) in [5.41, 5.74) is 0.585. The molecule has 1 heterocycles. The first kappa shape index (κ1) is 15.1. The van der Waals surface area contributed by atoms with Crippen molar-refractivity contribution in [2.24, 2.45) is 0 Å². The summed E-state index contributed by atoms with van der Waals surface area (Å²) < 4.78 is 17.2. The number of rotatable bonds is 4. The Morgan fingerprint density at radius 2 is 1.70 bits per heavy atom. The quantitative estimate of drug-likeness (QED) is 0.787. The molecule has 0 saturated carbocycles. The average molecular weight is 274 g/mol. The molecule has 0 N–H and O–H groups in total. The lowest BCUT2D eigenvalue weighted by Crippen LogP contribution is -2.41. The van der Waals surface area contributed by atoms with Crippen LogP contribution in [0, 0.1) is 0 Å². The van der Waals surface area contributed by atoms with E-state index >= 15 is 0 Å². The van der Waals surface area contributed by atoms with Gasteiger partial charge in [0.05, 0.1) is 18.3 Å². The van der Waals surface area contributed by atoms with Crippen molar-refractivity contribution in [3.05, 3.63) is 41.9 Å². The molecule has 0 aliphatic carbocycles. The van der Waals surface area contributed by atoms with Gasteiger partial charge in [0.1, 0.15) is 5.75 Å². The van der Waals surface area contributed by atoms with Gasteiger partial charge in [-0.3, -0.25) is 0 Å². The lowest BCUT2D eigenvalue weighted by molar-refractivity contribution is 0.00578. The van der Waals surface area contributed by atoms with Crippen LogP contribution in [0.3, 0.4) is 0 Å². The van der Waals surface area contributed by atoms with Crippen LogP contribution >= 0.6 is 0 Å². The Bertz CT molecular complexity index is 478. The van der Waals surface area contributed by atoms with Crippen LogP contribution in [0.1, 0.15) is 33.3 Å². The van der Waals surface area contributed by atoms with E-state index in [1.54, 1.807) is 7.11 Å². The van der Waals surface area contributed by atoms with Gasteiger partial charge in [0.2, 0.25) is 0 Å². The molecule has 0 bridgehead atoms. The van der Waals surface area contributed by atoms with Gasteiger partial charge < -0.3 is 14.0 Å². The number of allylic oxidation sites excluding steroid dienone is 1. The van der Waals surface area contributed by atoms with Gasteiger partial charge in [-0.15, -0.1) is 0 Å². The molecule has 4 heteroatoms. The molecule has 1 aromatic rings. The Kier molecular flexibility index (Phi) is 4.26. The van der Waals surface area contributed by atoms with Crippen LogP contribution in [-0.2, 0) is 15.7 Å². The number of hydrogen-bond donors (Lipinski definition) is 0. The first-order valence-electron chi connectivity index (χ1n) is 7.00. The first-order chi connectivity index (χ1) is 9.36. The Labute approximate surface area is 122 Å². The molecule has 0 aromatic heterocycles. The van der Waals surface area contributed by atoms with Gasteiger partial charge in [-0.05, 0) is 45.7 Å². The minimum absolute atomic E-state index is 0.283. The summed E-state index contributed by atoms with van der Waals surface area (Å²) in [7, 11) is 1.41. The lowest BCUT2D eigenvalue weighted by atomic mass is 9.89. The van der Waals surface area contributed by atoms with Crippen molar-refractivity contribution in [2.45, 2.75) is 45.3 Å². The maximum absolute atomic E-state index is 5.92. The number of ether oxygens (including phenoxy) is 1. The molecular formula is C16H23BO3. The van der Waals surface area contributed by atoms with E-state index in [9.17, 15) is 0 Å². The van der Waals surface area contributed by atoms with Crippen molar-refractivity contribution in [3.8, 4) is 5.75 Å². The molecule has 2 rings (SSSR count). The normalized spacial score (nSPS) is 20.6. The maximum Gasteiger partial charge on any atom is 0.486 e. The number of benzene rings is 1. The Hall–Kier alpha value is -1.26. The molecule has 1 fully saturated rings. The van der Waals surface area contributed by atoms with E-state index in [-0.39, 0.29) is 18.3 Å². The van der Waals surface area contributed by atoms with E-state index in [4.69, 9.17) is 14.0 Å². The maximum atomic E-state index is 5.92. The van der Waals surface area contributed by atoms with Crippen LogP contribution in [0.25, 0.3) is 0 Å². The molecule has 1 aliphatic rings. The molecule has 20 heavy (non-hydrogen) atoms. The molecule has 1 aromatic carbocycles. The predicted octanol–water partition coefficient (Wildman–Crippen LogP) is 3.43. The van der Waals surface area contributed by atoms with E-state index < -0.39 is 0 Å². The fraction of sp³-hybridized carbons (Fsp3) is 0.500. The van der Waals surface area contributed by atoms with E-state index in [0.29, 0.717) is 0 Å². The number of methoxy groups -OCH3 is 1. The highest BCUT2D eigenvalue weighted by Gasteiger charge is 2.49. The molecule has 1 saturated heterocycles. The Morgan fingerprint density at radius 3 is 2.30 bits per heavy atom. The van der Waals surface area contributed by atoms with Crippen LogP contribution in [0.2, 0.25) is 0 Å². The van der Waals surface area contributed by atoms with Gasteiger partial charge in [-0.25, -0.2) is 0 Å². The average Bonchev–Trinajstić information content (AvgIpc) is 2.58. The third-order valence-electron chi connectivity index (χ3n) is 4.09. The summed E-state index contributed by atoms with van der Waals surface area (Å²) in [5, 5.41) is 0. The summed E-state index contributed by atoms with van der Waals surface area (Å²) in [4.78, 5) is 0. The second kappa shape index (κ2) is 5.62. The van der Waals surface area contributed by atoms with Gasteiger partial charge in [0.25, 0.3) is 0 Å². The van der Waals surface area contributed by atoms with E-state index in [2.05, 4.69) is 39.8 Å². The van der Waals surface area contributed by atoms with Crippen LogP contribution in [0.5, 0.6) is 5.75 Å². The van der Waals surface area contributed by atoms with E-state index in [1.165, 1.54) is 0 Å². The standard InChI is InChI=1S/C16H23BO3/c1-15(2)16(3,4)20-17(19-15)12-8-10-13-9-6-7-11-14(13)18-5/h6-9,11-12H,10H2,1-5H3/b12-8+. The zero-order chi connectivity index (χ0) is 14.8. The number of hydrogen-bond acceptors (Lipinski definition) is 3. The summed E-state index contributed by atoms with van der Waals surface area (Å²) in [5.74, 6) is 2.88. The largest absolute Gasteiger partial charge is 0.496 e. The Balaban J connectivity index is 1.98. The minimum Gasteiger partial charge on any atom is -0.496 e. The topological polar surface area (TPSA) is 27.7 Å². The van der Waals surface area contributed by atoms with Crippen LogP contribution in [0.15, 0.2) is 36.3 Å². The summed E-state index contributed by atoms with van der Waals surface area (Å²) in [6.45, 7) is 8.23. The van der Waals surface area contributed by atoms with E-state index in [0.717, 1.165) is 17.7 Å². The lowest BCUT2D eigenvalue weighted by Gasteiger charge is -2.32. The second-order valence-corrected chi connectivity index (χ2v) is 6.07. The zero-order valence-electron chi connectivity index (χ0n) is 13.0. The van der Waals surface area contributed by atoms with Gasteiger partial charge >= 0.3 is 7.12 Å². The third-order valence-corrected chi connectivity index (χ3v) is 4.09. The Morgan fingerprint density at radius 1 is 1.10 bits per heavy atom. The van der Waals surface area contributed by atoms with Crippen molar-refractivity contribution < 1.29 is 14.0 Å². The predicted molar refractivity (Wildman–Crippen MR) is 81.9 cm³/mol. The third kappa shape index (κ3) is 3.07. The van der Waals surface area contributed by atoms with Gasteiger partial charge in [0.15, 0.2) is 0 Å². The first-order valence-corrected chi connectivity index (χ1v) is 7.00. The molecule has 0 atom stereocenters. The van der Waals surface area contributed by atoms with Crippen molar-refractivity contribution in [1.29, 1.82) is 0 Å². The van der Waals surface area contributed by atoms with Crippen molar-refractivity contribution >= 4 is 7.12 Å². The monoisotopic (exact) mass is 274 g/mol. The zero-order valence-corrected chi connectivity index (χ0v) is 13.0. The molecule has 0 amide bonds. The molecule has 0 unspecified atom stereocenters. The fourth-order valence-corrected chi connectivity index (χ4v) is 2.14. The minimum atomic E-state index is -0.285. The summed E-state index contributed by atoms with van der Waals surface area (Å²) in [6, 6.07) is 8.02.